The van der Waals surface area contributed by atoms with Crippen LogP contribution in [-0.2, 0) is 14.8 Å². The second-order valence-corrected chi connectivity index (χ2v) is 8.45. The molecule has 0 saturated carbocycles. The van der Waals surface area contributed by atoms with Crippen molar-refractivity contribution in [2.75, 3.05) is 32.5 Å². The van der Waals surface area contributed by atoms with Crippen molar-refractivity contribution in [1.82, 2.24) is 9.21 Å². The minimum Gasteiger partial charge on any atom is -0.372 e. The van der Waals surface area contributed by atoms with Gasteiger partial charge < -0.3 is 15.0 Å². The molecular weight excluding hydrogens is 334 g/mol. The highest BCUT2D eigenvalue weighted by Crippen LogP contribution is 2.19. The van der Waals surface area contributed by atoms with Gasteiger partial charge in [0.1, 0.15) is 0 Å². The van der Waals surface area contributed by atoms with E-state index in [0.717, 1.165) is 0 Å². The predicted molar refractivity (Wildman–Crippen MR) is 95.1 cm³/mol. The molecule has 0 bridgehead atoms. The van der Waals surface area contributed by atoms with Crippen LogP contribution < -0.4 is 5.32 Å². The molecule has 0 aromatic heterocycles. The average Bonchev–Trinajstić information content (AvgIpc) is 2.46. The lowest BCUT2D eigenvalue weighted by Crippen LogP contribution is -2.49. The first-order valence-corrected chi connectivity index (χ1v) is 9.29. The van der Waals surface area contributed by atoms with Crippen LogP contribution in [0.1, 0.15) is 13.8 Å². The van der Waals surface area contributed by atoms with Crippen molar-refractivity contribution in [2.45, 2.75) is 31.0 Å². The molecule has 8 heteroatoms. The molecule has 0 spiro atoms. The number of thiocarbonyl (C=S) groups is 1. The first-order valence-electron chi connectivity index (χ1n) is 7.44. The summed E-state index contributed by atoms with van der Waals surface area (Å²) in [5.74, 6) is 0. The maximum atomic E-state index is 12.2. The fourth-order valence-corrected chi connectivity index (χ4v) is 3.71. The van der Waals surface area contributed by atoms with Crippen molar-refractivity contribution in [2.24, 2.45) is 0 Å². The predicted octanol–water partition coefficient (Wildman–Crippen LogP) is 1.74. The molecule has 2 unspecified atom stereocenters. The quantitative estimate of drug-likeness (QED) is 0.832. The van der Waals surface area contributed by atoms with Gasteiger partial charge in [0.25, 0.3) is 0 Å². The van der Waals surface area contributed by atoms with E-state index in [4.69, 9.17) is 17.0 Å². The van der Waals surface area contributed by atoms with Gasteiger partial charge >= 0.3 is 0 Å². The molecular formula is C15H23N3O3S2. The normalized spacial score (nSPS) is 22.2. The highest BCUT2D eigenvalue weighted by molar-refractivity contribution is 7.89. The molecule has 6 nitrogen and oxygen atoms in total. The SMILES string of the molecule is CC1CN(C(=S)Nc2cccc(S(=O)(=O)N(C)C)c2)CC(C)O1. The molecule has 2 rings (SSSR count). The van der Waals surface area contributed by atoms with E-state index in [1.807, 2.05) is 18.7 Å². The Balaban J connectivity index is 2.13. The molecule has 1 aliphatic rings. The Labute approximate surface area is 143 Å². The molecule has 1 aliphatic heterocycles. The van der Waals surface area contributed by atoms with Crippen molar-refractivity contribution in [3.8, 4) is 0 Å². The average molecular weight is 358 g/mol. The molecule has 1 aromatic rings. The van der Waals surface area contributed by atoms with Gasteiger partial charge in [-0.1, -0.05) is 6.07 Å². The Kier molecular flexibility index (Phi) is 5.61. The van der Waals surface area contributed by atoms with E-state index in [1.54, 1.807) is 24.3 Å². The zero-order valence-corrected chi connectivity index (χ0v) is 15.4. The Morgan fingerprint density at radius 2 is 1.91 bits per heavy atom. The number of sulfonamides is 1. The van der Waals surface area contributed by atoms with Gasteiger partial charge in [-0.05, 0) is 44.3 Å². The Morgan fingerprint density at radius 1 is 1.30 bits per heavy atom. The molecule has 1 saturated heterocycles. The van der Waals surface area contributed by atoms with Gasteiger partial charge in [-0.3, -0.25) is 0 Å². The number of hydrogen-bond donors (Lipinski definition) is 1. The molecule has 0 radical (unpaired) electrons. The van der Waals surface area contributed by atoms with E-state index in [1.165, 1.54) is 18.4 Å². The van der Waals surface area contributed by atoms with E-state index in [0.29, 0.717) is 23.9 Å². The largest absolute Gasteiger partial charge is 0.372 e. The summed E-state index contributed by atoms with van der Waals surface area (Å²) in [6, 6.07) is 6.66. The first kappa shape index (κ1) is 18.1. The fraction of sp³-hybridized carbons (Fsp3) is 0.533. The number of rotatable bonds is 3. The van der Waals surface area contributed by atoms with Crippen LogP contribution in [0.15, 0.2) is 29.2 Å². The lowest BCUT2D eigenvalue weighted by molar-refractivity contribution is -0.0473. The number of ether oxygens (including phenoxy) is 1. The third-order valence-electron chi connectivity index (χ3n) is 3.57. The van der Waals surface area contributed by atoms with Crippen molar-refractivity contribution in [3.63, 3.8) is 0 Å². The highest BCUT2D eigenvalue weighted by Gasteiger charge is 2.24. The molecule has 0 amide bonds. The van der Waals surface area contributed by atoms with Crippen molar-refractivity contribution in [3.05, 3.63) is 24.3 Å². The Bertz CT molecular complexity index is 666. The molecule has 2 atom stereocenters. The number of benzene rings is 1. The molecule has 1 N–H and O–H groups in total. The number of morpholine rings is 1. The summed E-state index contributed by atoms with van der Waals surface area (Å²) in [5.41, 5.74) is 0.657. The summed E-state index contributed by atoms with van der Waals surface area (Å²) in [7, 11) is -0.440. The zero-order chi connectivity index (χ0) is 17.2. The zero-order valence-electron chi connectivity index (χ0n) is 13.8. The van der Waals surface area contributed by atoms with Gasteiger partial charge in [0.05, 0.1) is 17.1 Å². The third-order valence-corrected chi connectivity index (χ3v) is 5.74. The second-order valence-electron chi connectivity index (χ2n) is 5.91. The van der Waals surface area contributed by atoms with Crippen molar-refractivity contribution >= 4 is 33.0 Å². The smallest absolute Gasteiger partial charge is 0.242 e. The monoisotopic (exact) mass is 357 g/mol. The lowest BCUT2D eigenvalue weighted by atomic mass is 10.2. The van der Waals surface area contributed by atoms with E-state index in [-0.39, 0.29) is 17.1 Å². The van der Waals surface area contributed by atoms with Gasteiger partial charge in [0.2, 0.25) is 10.0 Å². The van der Waals surface area contributed by atoms with Crippen molar-refractivity contribution in [1.29, 1.82) is 0 Å². The van der Waals surface area contributed by atoms with E-state index in [2.05, 4.69) is 5.32 Å². The maximum Gasteiger partial charge on any atom is 0.242 e. The van der Waals surface area contributed by atoms with E-state index in [9.17, 15) is 8.42 Å². The number of anilines is 1. The summed E-state index contributed by atoms with van der Waals surface area (Å²) in [6.45, 7) is 5.45. The fourth-order valence-electron chi connectivity index (χ4n) is 2.49. The van der Waals surface area contributed by atoms with Gasteiger partial charge in [0.15, 0.2) is 5.11 Å². The third kappa shape index (κ3) is 4.41. The number of hydrogen-bond acceptors (Lipinski definition) is 4. The lowest BCUT2D eigenvalue weighted by Gasteiger charge is -2.36. The minimum atomic E-state index is -3.46. The van der Waals surface area contributed by atoms with Crippen LogP contribution in [0.4, 0.5) is 5.69 Å². The van der Waals surface area contributed by atoms with E-state index < -0.39 is 10.0 Å². The van der Waals surface area contributed by atoms with Gasteiger partial charge in [0, 0.05) is 32.9 Å². The van der Waals surface area contributed by atoms with Crippen LogP contribution in [0.25, 0.3) is 0 Å². The van der Waals surface area contributed by atoms with Gasteiger partial charge in [-0.25, -0.2) is 12.7 Å². The Morgan fingerprint density at radius 3 is 2.48 bits per heavy atom. The van der Waals surface area contributed by atoms with Crippen LogP contribution in [0.5, 0.6) is 0 Å². The molecule has 128 valence electrons. The molecule has 1 aromatic carbocycles. The van der Waals surface area contributed by atoms with Gasteiger partial charge in [-0.15, -0.1) is 0 Å². The van der Waals surface area contributed by atoms with Gasteiger partial charge in [-0.2, -0.15) is 0 Å². The second kappa shape index (κ2) is 7.12. The summed E-state index contributed by atoms with van der Waals surface area (Å²) in [4.78, 5) is 2.28. The summed E-state index contributed by atoms with van der Waals surface area (Å²) in [5, 5.41) is 3.70. The maximum absolute atomic E-state index is 12.2. The molecule has 23 heavy (non-hydrogen) atoms. The minimum absolute atomic E-state index is 0.110. The number of nitrogens with zero attached hydrogens (tertiary/aromatic N) is 2. The Hall–Kier alpha value is -1.22. The van der Waals surface area contributed by atoms with Crippen molar-refractivity contribution < 1.29 is 13.2 Å². The summed E-state index contributed by atoms with van der Waals surface area (Å²) >= 11 is 5.45. The van der Waals surface area contributed by atoms with Crippen LogP contribution in [0, 0.1) is 0 Å². The van der Waals surface area contributed by atoms with Crippen LogP contribution in [-0.4, -0.2) is 62.1 Å². The van der Waals surface area contributed by atoms with Crippen LogP contribution in [0.3, 0.4) is 0 Å². The number of nitrogens with one attached hydrogen (secondary N) is 1. The van der Waals surface area contributed by atoms with Crippen LogP contribution in [0.2, 0.25) is 0 Å². The van der Waals surface area contributed by atoms with E-state index >= 15 is 0 Å². The summed E-state index contributed by atoms with van der Waals surface area (Å²) < 4.78 is 31.3. The standard InChI is InChI=1S/C15H23N3O3S2/c1-11-9-18(10-12(2)21-11)15(22)16-13-6-5-7-14(8-13)23(19,20)17(3)4/h5-8,11-12H,9-10H2,1-4H3,(H,16,22). The van der Waals surface area contributed by atoms with Crippen LogP contribution >= 0.6 is 12.2 Å². The highest BCUT2D eigenvalue weighted by atomic mass is 32.2. The molecule has 0 aliphatic carbocycles. The molecule has 1 fully saturated rings. The first-order chi connectivity index (χ1) is 10.7. The molecule has 1 heterocycles. The summed E-state index contributed by atoms with van der Waals surface area (Å²) in [6.07, 6.45) is 0.220. The topological polar surface area (TPSA) is 61.9 Å².